The summed E-state index contributed by atoms with van der Waals surface area (Å²) >= 11 is 6.35. The van der Waals surface area contributed by atoms with Crippen molar-refractivity contribution in [3.8, 4) is 23.4 Å². The Balaban J connectivity index is 1.48. The molecular formula is C30H34ClN7O3. The summed E-state index contributed by atoms with van der Waals surface area (Å²) in [4.78, 5) is 26.0. The molecule has 11 heteroatoms. The molecule has 214 valence electrons. The second-order valence-electron chi connectivity index (χ2n) is 10.8. The maximum atomic E-state index is 12.6. The van der Waals surface area contributed by atoms with E-state index in [1.165, 1.54) is 6.20 Å². The summed E-state index contributed by atoms with van der Waals surface area (Å²) in [7, 11) is 3.75. The number of hydrogen-bond acceptors (Lipinski definition) is 9. The summed E-state index contributed by atoms with van der Waals surface area (Å²) in [5.74, 6) is 0.945. The Morgan fingerprint density at radius 2 is 1.90 bits per heavy atom. The maximum Gasteiger partial charge on any atom is 0.266 e. The molecule has 41 heavy (non-hydrogen) atoms. The number of aromatic nitrogens is 2. The Kier molecular flexibility index (Phi) is 9.32. The largest absolute Gasteiger partial charge is 0.494 e. The third kappa shape index (κ3) is 8.10. The van der Waals surface area contributed by atoms with Crippen LogP contribution in [-0.2, 0) is 4.79 Å². The first kappa shape index (κ1) is 29.6. The molecule has 0 aliphatic carbocycles. The zero-order valence-electron chi connectivity index (χ0n) is 23.9. The van der Waals surface area contributed by atoms with Gasteiger partial charge in [-0.25, -0.2) is 4.98 Å². The van der Waals surface area contributed by atoms with Crippen molar-refractivity contribution in [3.63, 3.8) is 0 Å². The number of nitrogens with zero attached hydrogens (tertiary/aromatic N) is 5. The van der Waals surface area contributed by atoms with Crippen molar-refractivity contribution in [2.45, 2.75) is 20.8 Å². The summed E-state index contributed by atoms with van der Waals surface area (Å²) in [5, 5.41) is 15.5. The van der Waals surface area contributed by atoms with Gasteiger partial charge in [-0.1, -0.05) is 44.5 Å². The second kappa shape index (κ2) is 12.9. The number of allylic oxidation sites excluding steroid dienone is 1. The fourth-order valence-electron chi connectivity index (χ4n) is 4.18. The number of nitrogens with one attached hydrogen (secondary N) is 2. The fourth-order valence-corrected chi connectivity index (χ4v) is 4.31. The number of piperazine rings is 1. The van der Waals surface area contributed by atoms with E-state index in [4.69, 9.17) is 21.1 Å². The number of hydrogen-bond donors (Lipinski definition) is 2. The molecule has 1 aromatic heterocycles. The van der Waals surface area contributed by atoms with Gasteiger partial charge in [0.25, 0.3) is 5.91 Å². The van der Waals surface area contributed by atoms with Crippen molar-refractivity contribution in [2.75, 3.05) is 55.9 Å². The first-order valence-corrected chi connectivity index (χ1v) is 13.6. The molecule has 2 heterocycles. The van der Waals surface area contributed by atoms with Crippen molar-refractivity contribution in [3.05, 3.63) is 65.3 Å². The molecular weight excluding hydrogens is 542 g/mol. The van der Waals surface area contributed by atoms with Gasteiger partial charge < -0.3 is 29.9 Å². The van der Waals surface area contributed by atoms with E-state index in [0.717, 1.165) is 31.9 Å². The Hall–Kier alpha value is -4.33. The molecule has 0 unspecified atom stereocenters. The zero-order chi connectivity index (χ0) is 29.6. The molecule has 2 N–H and O–H groups in total. The van der Waals surface area contributed by atoms with E-state index in [1.807, 2.05) is 45.0 Å². The van der Waals surface area contributed by atoms with Crippen LogP contribution in [0.15, 0.2) is 60.3 Å². The van der Waals surface area contributed by atoms with Crippen LogP contribution in [0, 0.1) is 16.7 Å². The lowest BCUT2D eigenvalue weighted by Crippen LogP contribution is -2.44. The lowest BCUT2D eigenvalue weighted by Gasteiger charge is -2.34. The molecule has 10 nitrogen and oxygen atoms in total. The number of rotatable bonds is 8. The van der Waals surface area contributed by atoms with Crippen molar-refractivity contribution in [1.29, 1.82) is 5.26 Å². The third-order valence-corrected chi connectivity index (χ3v) is 6.52. The first-order chi connectivity index (χ1) is 19.5. The standard InChI is InChI=1S/C30H34ClN7O3/c1-30(2,3)17-20(18-32)27(39)34-21-7-6-8-23(15-21)41-28-24(31)19-33-29(36-28)35-25-10-9-22(16-26(25)40-5)38-13-11-37(4)12-14-38/h6-10,15-17,19H,11-14H2,1-5H3,(H,34,39)(H,33,35,36)/b20-17+. The molecule has 1 amide bonds. The van der Waals surface area contributed by atoms with Gasteiger partial charge in [-0.05, 0) is 36.7 Å². The topological polar surface area (TPSA) is 116 Å². The van der Waals surface area contributed by atoms with Gasteiger partial charge in [-0.3, -0.25) is 4.79 Å². The van der Waals surface area contributed by atoms with Crippen molar-refractivity contribution < 1.29 is 14.3 Å². The van der Waals surface area contributed by atoms with Gasteiger partial charge in [-0.15, -0.1) is 0 Å². The van der Waals surface area contributed by atoms with Crippen LogP contribution in [0.3, 0.4) is 0 Å². The minimum atomic E-state index is -0.501. The van der Waals surface area contributed by atoms with Crippen LogP contribution < -0.4 is 25.0 Å². The van der Waals surface area contributed by atoms with Crippen molar-refractivity contribution in [2.24, 2.45) is 5.41 Å². The van der Waals surface area contributed by atoms with E-state index < -0.39 is 5.91 Å². The quantitative estimate of drug-likeness (QED) is 0.251. The van der Waals surface area contributed by atoms with Gasteiger partial charge in [0.2, 0.25) is 11.8 Å². The minimum absolute atomic E-state index is 0.0328. The smallest absolute Gasteiger partial charge is 0.266 e. The van der Waals surface area contributed by atoms with Gasteiger partial charge in [0.05, 0.1) is 19.0 Å². The van der Waals surface area contributed by atoms with Crippen LogP contribution in [0.1, 0.15) is 20.8 Å². The average molecular weight is 576 g/mol. The number of nitriles is 1. The van der Waals surface area contributed by atoms with Crippen LogP contribution in [0.4, 0.5) is 23.0 Å². The highest BCUT2D eigenvalue weighted by Crippen LogP contribution is 2.34. The van der Waals surface area contributed by atoms with Crippen molar-refractivity contribution in [1.82, 2.24) is 14.9 Å². The van der Waals surface area contributed by atoms with E-state index in [0.29, 0.717) is 22.9 Å². The molecule has 2 aromatic carbocycles. The summed E-state index contributed by atoms with van der Waals surface area (Å²) in [6.07, 6.45) is 3.08. The molecule has 4 rings (SSSR count). The SMILES string of the molecule is COc1cc(N2CCN(C)CC2)ccc1Nc1ncc(Cl)c(Oc2cccc(NC(=O)/C(C#N)=C/C(C)(C)C)c2)n1. The number of halogens is 1. The van der Waals surface area contributed by atoms with Crippen LogP contribution in [-0.4, -0.2) is 61.1 Å². The lowest BCUT2D eigenvalue weighted by atomic mass is 9.93. The highest BCUT2D eigenvalue weighted by atomic mass is 35.5. The van der Waals surface area contributed by atoms with E-state index >= 15 is 0 Å². The molecule has 1 aliphatic heterocycles. The Labute approximate surface area is 245 Å². The molecule has 0 atom stereocenters. The number of amides is 1. The van der Waals surface area contributed by atoms with Crippen LogP contribution in [0.25, 0.3) is 0 Å². The molecule has 1 aliphatic rings. The van der Waals surface area contributed by atoms with Crippen LogP contribution in [0.2, 0.25) is 5.02 Å². The van der Waals surface area contributed by atoms with E-state index in [-0.39, 0.29) is 27.8 Å². The number of likely N-dealkylation sites (N-methyl/N-ethyl adjacent to an activating group) is 1. The monoisotopic (exact) mass is 575 g/mol. The molecule has 0 spiro atoms. The number of carbonyl (C=O) groups excluding carboxylic acids is 1. The van der Waals surface area contributed by atoms with Crippen molar-refractivity contribution >= 4 is 40.5 Å². The third-order valence-electron chi connectivity index (χ3n) is 6.26. The van der Waals surface area contributed by atoms with Crippen LogP contribution >= 0.6 is 11.6 Å². The minimum Gasteiger partial charge on any atom is -0.494 e. The molecule has 0 radical (unpaired) electrons. The predicted molar refractivity (Wildman–Crippen MR) is 161 cm³/mol. The number of carbonyl (C=O) groups is 1. The predicted octanol–water partition coefficient (Wildman–Crippen LogP) is 5.86. The molecule has 0 saturated carbocycles. The summed E-state index contributed by atoms with van der Waals surface area (Å²) in [5.41, 5.74) is 1.95. The lowest BCUT2D eigenvalue weighted by molar-refractivity contribution is -0.112. The van der Waals surface area contributed by atoms with Gasteiger partial charge in [-0.2, -0.15) is 10.2 Å². The number of methoxy groups -OCH3 is 1. The summed E-state index contributed by atoms with van der Waals surface area (Å²) in [6.45, 7) is 9.67. The van der Waals surface area contributed by atoms with E-state index in [2.05, 4.69) is 37.4 Å². The Morgan fingerprint density at radius 3 is 2.59 bits per heavy atom. The van der Waals surface area contributed by atoms with Gasteiger partial charge in [0.15, 0.2) is 0 Å². The average Bonchev–Trinajstić information content (AvgIpc) is 2.94. The second-order valence-corrected chi connectivity index (χ2v) is 11.2. The normalized spacial score (nSPS) is 14.3. The summed E-state index contributed by atoms with van der Waals surface area (Å²) < 4.78 is 11.6. The fraction of sp³-hybridized carbons (Fsp3) is 0.333. The summed E-state index contributed by atoms with van der Waals surface area (Å²) in [6, 6.07) is 14.7. The zero-order valence-corrected chi connectivity index (χ0v) is 24.6. The van der Waals surface area contributed by atoms with E-state index in [9.17, 15) is 10.1 Å². The molecule has 0 bridgehead atoms. The van der Waals surface area contributed by atoms with Gasteiger partial charge in [0, 0.05) is 49.7 Å². The van der Waals surface area contributed by atoms with E-state index in [1.54, 1.807) is 37.5 Å². The van der Waals surface area contributed by atoms with Gasteiger partial charge in [0.1, 0.15) is 28.2 Å². The first-order valence-electron chi connectivity index (χ1n) is 13.2. The molecule has 1 fully saturated rings. The number of benzene rings is 2. The number of ether oxygens (including phenoxy) is 2. The Bertz CT molecular complexity index is 1470. The highest BCUT2D eigenvalue weighted by Gasteiger charge is 2.18. The Morgan fingerprint density at radius 1 is 1.15 bits per heavy atom. The molecule has 1 saturated heterocycles. The number of anilines is 4. The molecule has 3 aromatic rings. The maximum absolute atomic E-state index is 12.6. The van der Waals surface area contributed by atoms with Crippen LogP contribution in [0.5, 0.6) is 17.4 Å². The highest BCUT2D eigenvalue weighted by molar-refractivity contribution is 6.31. The van der Waals surface area contributed by atoms with Gasteiger partial charge >= 0.3 is 0 Å².